The van der Waals surface area contributed by atoms with Crippen LogP contribution in [0.15, 0.2) is 24.3 Å². The van der Waals surface area contributed by atoms with E-state index < -0.39 is 5.60 Å². The van der Waals surface area contributed by atoms with E-state index in [0.29, 0.717) is 5.25 Å². The van der Waals surface area contributed by atoms with Crippen LogP contribution >= 0.6 is 11.8 Å². The number of thioether (sulfide) groups is 1. The summed E-state index contributed by atoms with van der Waals surface area (Å²) in [6.07, 6.45) is 1.91. The molecule has 1 aliphatic heterocycles. The summed E-state index contributed by atoms with van der Waals surface area (Å²) in [5.74, 6) is 1.06. The van der Waals surface area contributed by atoms with Crippen LogP contribution in [0.4, 0.5) is 0 Å². The Bertz CT molecular complexity index is 350. The topological polar surface area (TPSA) is 20.2 Å². The molecule has 0 amide bonds. The third-order valence-electron chi connectivity index (χ3n) is 3.36. The van der Waals surface area contributed by atoms with E-state index in [1.165, 1.54) is 5.56 Å². The molecule has 1 saturated heterocycles. The maximum atomic E-state index is 10.6. The van der Waals surface area contributed by atoms with Crippen LogP contribution in [0.2, 0.25) is 0 Å². The molecular formula is C13H18OS. The Morgan fingerprint density at radius 1 is 1.53 bits per heavy atom. The van der Waals surface area contributed by atoms with Gasteiger partial charge in [-0.25, -0.2) is 0 Å². The number of benzene rings is 1. The van der Waals surface area contributed by atoms with Crippen molar-refractivity contribution in [3.8, 4) is 0 Å². The van der Waals surface area contributed by atoms with Crippen molar-refractivity contribution in [1.82, 2.24) is 0 Å². The molecule has 0 bridgehead atoms. The lowest BCUT2D eigenvalue weighted by atomic mass is 9.87. The average Bonchev–Trinajstić information content (AvgIpc) is 2.61. The van der Waals surface area contributed by atoms with Crippen LogP contribution in [0.3, 0.4) is 0 Å². The molecule has 1 aromatic carbocycles. The average molecular weight is 222 g/mol. The van der Waals surface area contributed by atoms with Gasteiger partial charge in [0.25, 0.3) is 0 Å². The second kappa shape index (κ2) is 4.18. The van der Waals surface area contributed by atoms with Gasteiger partial charge in [0.1, 0.15) is 5.60 Å². The van der Waals surface area contributed by atoms with E-state index >= 15 is 0 Å². The van der Waals surface area contributed by atoms with Crippen LogP contribution in [0, 0.1) is 0 Å². The van der Waals surface area contributed by atoms with Gasteiger partial charge in [0.2, 0.25) is 0 Å². The minimum atomic E-state index is -0.601. The lowest BCUT2D eigenvalue weighted by Crippen LogP contribution is -2.31. The third-order valence-corrected chi connectivity index (χ3v) is 4.69. The van der Waals surface area contributed by atoms with Crippen LogP contribution in [-0.4, -0.2) is 16.1 Å². The first kappa shape index (κ1) is 11.0. The van der Waals surface area contributed by atoms with Gasteiger partial charge >= 0.3 is 0 Å². The monoisotopic (exact) mass is 222 g/mol. The number of hydrogen-bond acceptors (Lipinski definition) is 2. The first-order chi connectivity index (χ1) is 7.16. The summed E-state index contributed by atoms with van der Waals surface area (Å²) in [6, 6.07) is 8.39. The van der Waals surface area contributed by atoms with Gasteiger partial charge in [-0.1, -0.05) is 38.1 Å². The van der Waals surface area contributed by atoms with Crippen molar-refractivity contribution in [2.24, 2.45) is 0 Å². The van der Waals surface area contributed by atoms with Gasteiger partial charge in [0.15, 0.2) is 0 Å². The molecule has 2 heteroatoms. The van der Waals surface area contributed by atoms with Crippen LogP contribution in [0.5, 0.6) is 0 Å². The molecule has 0 radical (unpaired) electrons. The van der Waals surface area contributed by atoms with Gasteiger partial charge in [-0.3, -0.25) is 0 Å². The van der Waals surface area contributed by atoms with Crippen molar-refractivity contribution in [2.45, 2.75) is 37.5 Å². The highest BCUT2D eigenvalue weighted by molar-refractivity contribution is 8.00. The zero-order valence-electron chi connectivity index (χ0n) is 9.36. The summed E-state index contributed by atoms with van der Waals surface area (Å²) in [5.41, 5.74) is 1.81. The molecule has 2 unspecified atom stereocenters. The van der Waals surface area contributed by atoms with E-state index in [1.54, 1.807) is 0 Å². The Balaban J connectivity index is 2.35. The third kappa shape index (κ3) is 1.93. The summed E-state index contributed by atoms with van der Waals surface area (Å²) in [7, 11) is 0. The molecule has 1 nitrogen and oxygen atoms in total. The van der Waals surface area contributed by atoms with E-state index in [2.05, 4.69) is 38.1 Å². The zero-order chi connectivity index (χ0) is 10.9. The highest BCUT2D eigenvalue weighted by atomic mass is 32.2. The standard InChI is InChI=1S/C13H18OS/c1-3-11-5-4-6-12(9-11)13(14)7-8-15-10(13)2/h4-6,9-10,14H,3,7-8H2,1-2H3. The molecule has 2 rings (SSSR count). The molecular weight excluding hydrogens is 204 g/mol. The van der Waals surface area contributed by atoms with E-state index in [4.69, 9.17) is 0 Å². The molecule has 15 heavy (non-hydrogen) atoms. The van der Waals surface area contributed by atoms with Crippen molar-refractivity contribution in [1.29, 1.82) is 0 Å². The van der Waals surface area contributed by atoms with Crippen LogP contribution in [0.25, 0.3) is 0 Å². The molecule has 1 N–H and O–H groups in total. The van der Waals surface area contributed by atoms with E-state index in [9.17, 15) is 5.11 Å². The number of rotatable bonds is 2. The molecule has 1 fully saturated rings. The first-order valence-electron chi connectivity index (χ1n) is 5.60. The van der Waals surface area contributed by atoms with Gasteiger partial charge in [-0.05, 0) is 29.7 Å². The van der Waals surface area contributed by atoms with Gasteiger partial charge in [-0.15, -0.1) is 0 Å². The fourth-order valence-corrected chi connectivity index (χ4v) is 3.48. The van der Waals surface area contributed by atoms with Crippen molar-refractivity contribution in [3.05, 3.63) is 35.4 Å². The molecule has 1 heterocycles. The Labute approximate surface area is 95.9 Å². The van der Waals surface area contributed by atoms with E-state index in [-0.39, 0.29) is 0 Å². The van der Waals surface area contributed by atoms with Crippen LogP contribution < -0.4 is 0 Å². The fourth-order valence-electron chi connectivity index (χ4n) is 2.17. The highest BCUT2D eigenvalue weighted by Crippen LogP contribution is 2.43. The molecule has 0 aliphatic carbocycles. The van der Waals surface area contributed by atoms with E-state index in [1.807, 2.05) is 11.8 Å². The summed E-state index contributed by atoms with van der Waals surface area (Å²) in [4.78, 5) is 0. The van der Waals surface area contributed by atoms with Crippen LogP contribution in [0.1, 0.15) is 31.4 Å². The summed E-state index contributed by atoms with van der Waals surface area (Å²) >= 11 is 1.86. The van der Waals surface area contributed by atoms with Crippen molar-refractivity contribution in [3.63, 3.8) is 0 Å². The van der Waals surface area contributed by atoms with Gasteiger partial charge in [0.05, 0.1) is 0 Å². The number of aryl methyl sites for hydroxylation is 1. The Kier molecular flexibility index (Phi) is 3.08. The predicted octanol–water partition coefficient (Wildman–Crippen LogP) is 2.96. The molecule has 2 atom stereocenters. The Hall–Kier alpha value is -0.470. The molecule has 0 saturated carbocycles. The smallest absolute Gasteiger partial charge is 0.102 e. The minimum Gasteiger partial charge on any atom is -0.384 e. The summed E-state index contributed by atoms with van der Waals surface area (Å²) < 4.78 is 0. The highest BCUT2D eigenvalue weighted by Gasteiger charge is 2.40. The zero-order valence-corrected chi connectivity index (χ0v) is 10.2. The Morgan fingerprint density at radius 3 is 2.93 bits per heavy atom. The fraction of sp³-hybridized carbons (Fsp3) is 0.538. The Morgan fingerprint density at radius 2 is 2.33 bits per heavy atom. The number of aliphatic hydroxyl groups is 1. The van der Waals surface area contributed by atoms with E-state index in [0.717, 1.165) is 24.2 Å². The summed E-state index contributed by atoms with van der Waals surface area (Å²) in [6.45, 7) is 4.27. The number of hydrogen-bond donors (Lipinski definition) is 1. The molecule has 82 valence electrons. The molecule has 1 aliphatic rings. The van der Waals surface area contributed by atoms with Crippen molar-refractivity contribution in [2.75, 3.05) is 5.75 Å². The van der Waals surface area contributed by atoms with Crippen molar-refractivity contribution < 1.29 is 5.11 Å². The minimum absolute atomic E-state index is 0.310. The maximum Gasteiger partial charge on any atom is 0.102 e. The predicted molar refractivity (Wildman–Crippen MR) is 66.3 cm³/mol. The molecule has 1 aromatic rings. The maximum absolute atomic E-state index is 10.6. The quantitative estimate of drug-likeness (QED) is 0.830. The first-order valence-corrected chi connectivity index (χ1v) is 6.65. The summed E-state index contributed by atoms with van der Waals surface area (Å²) in [5, 5.41) is 10.9. The van der Waals surface area contributed by atoms with Gasteiger partial charge < -0.3 is 5.11 Å². The van der Waals surface area contributed by atoms with Gasteiger partial charge in [-0.2, -0.15) is 11.8 Å². The van der Waals surface area contributed by atoms with Crippen molar-refractivity contribution >= 4 is 11.8 Å². The molecule has 0 spiro atoms. The second-order valence-corrected chi connectivity index (χ2v) is 5.69. The SMILES string of the molecule is CCc1cccc(C2(O)CCSC2C)c1. The second-order valence-electron chi connectivity index (χ2n) is 4.24. The molecule has 0 aromatic heterocycles. The van der Waals surface area contributed by atoms with Crippen LogP contribution in [-0.2, 0) is 12.0 Å². The normalized spacial score (nSPS) is 30.7. The lowest BCUT2D eigenvalue weighted by molar-refractivity contribution is 0.0426. The van der Waals surface area contributed by atoms with Gasteiger partial charge in [0, 0.05) is 5.25 Å². The largest absolute Gasteiger partial charge is 0.384 e. The lowest BCUT2D eigenvalue weighted by Gasteiger charge is -2.27.